The quantitative estimate of drug-likeness (QED) is 0.518. The van der Waals surface area contributed by atoms with Crippen molar-refractivity contribution < 1.29 is 4.74 Å². The molecule has 0 aliphatic rings. The lowest BCUT2D eigenvalue weighted by Crippen LogP contribution is -2.20. The Morgan fingerprint density at radius 2 is 2.40 bits per heavy atom. The molecule has 4 heteroatoms. The molecular formula is C6H13NOS2. The van der Waals surface area contributed by atoms with Crippen LogP contribution in [0.3, 0.4) is 0 Å². The summed E-state index contributed by atoms with van der Waals surface area (Å²) in [5.41, 5.74) is 0. The number of rotatable bonds is 4. The monoisotopic (exact) mass is 179 g/mol. The summed E-state index contributed by atoms with van der Waals surface area (Å²) in [7, 11) is 1.70. The third-order valence-corrected chi connectivity index (χ3v) is 2.14. The first-order valence-corrected chi connectivity index (χ1v) is 4.75. The van der Waals surface area contributed by atoms with E-state index in [1.807, 2.05) is 6.26 Å². The van der Waals surface area contributed by atoms with Gasteiger partial charge in [0.05, 0.1) is 0 Å². The zero-order valence-electron chi connectivity index (χ0n) is 6.35. The molecule has 60 valence electrons. The zero-order chi connectivity index (χ0) is 7.82. The van der Waals surface area contributed by atoms with Crippen molar-refractivity contribution in [1.29, 1.82) is 0 Å². The molecule has 0 saturated carbocycles. The van der Waals surface area contributed by atoms with Crippen LogP contribution in [0.15, 0.2) is 0 Å². The van der Waals surface area contributed by atoms with Crippen LogP contribution in [0, 0.1) is 0 Å². The molecule has 0 heterocycles. The molecule has 0 saturated heterocycles. The van der Waals surface area contributed by atoms with Gasteiger partial charge in [-0.1, -0.05) is 12.2 Å². The fraction of sp³-hybridized carbons (Fsp3) is 0.833. The summed E-state index contributed by atoms with van der Waals surface area (Å²) in [5.74, 6) is 0. The molecule has 0 aliphatic carbocycles. The molecule has 0 rings (SSSR count). The third kappa shape index (κ3) is 6.32. The second-order valence-electron chi connectivity index (χ2n) is 1.76. The van der Waals surface area contributed by atoms with Crippen molar-refractivity contribution in [1.82, 2.24) is 5.32 Å². The minimum absolute atomic E-state index is 0.796. The fourth-order valence-corrected chi connectivity index (χ4v) is 0.828. The van der Waals surface area contributed by atoms with Crippen molar-refractivity contribution in [2.45, 2.75) is 6.42 Å². The van der Waals surface area contributed by atoms with Gasteiger partial charge in [-0.25, -0.2) is 0 Å². The molecule has 0 radical (unpaired) electrons. The fourth-order valence-electron chi connectivity index (χ4n) is 0.479. The van der Waals surface area contributed by atoms with Crippen LogP contribution in [-0.4, -0.2) is 30.8 Å². The maximum atomic E-state index is 4.92. The summed E-state index contributed by atoms with van der Waals surface area (Å²) in [6.07, 6.45) is 2.98. The number of methoxy groups -OCH3 is 1. The van der Waals surface area contributed by atoms with E-state index in [9.17, 15) is 0 Å². The Balaban J connectivity index is 2.96. The molecule has 0 atom stereocenters. The van der Waals surface area contributed by atoms with Crippen LogP contribution in [-0.2, 0) is 4.74 Å². The molecule has 2 nitrogen and oxygen atoms in total. The Kier molecular flexibility index (Phi) is 7.45. The minimum atomic E-state index is 0.796. The van der Waals surface area contributed by atoms with E-state index in [4.69, 9.17) is 17.0 Å². The number of ether oxygens (including phenoxy) is 1. The van der Waals surface area contributed by atoms with Gasteiger partial charge >= 0.3 is 0 Å². The topological polar surface area (TPSA) is 21.3 Å². The van der Waals surface area contributed by atoms with E-state index in [-0.39, 0.29) is 0 Å². The predicted molar refractivity (Wildman–Crippen MR) is 50.6 cm³/mol. The van der Waals surface area contributed by atoms with E-state index in [1.54, 1.807) is 18.9 Å². The van der Waals surface area contributed by atoms with Gasteiger partial charge in [-0.15, -0.1) is 11.8 Å². The molecule has 0 amide bonds. The zero-order valence-corrected chi connectivity index (χ0v) is 7.98. The second-order valence-corrected chi connectivity index (χ2v) is 3.25. The molecule has 0 spiro atoms. The van der Waals surface area contributed by atoms with Crippen LogP contribution >= 0.6 is 24.0 Å². The first-order valence-electron chi connectivity index (χ1n) is 3.12. The predicted octanol–water partition coefficient (Wildman–Crippen LogP) is 1.26. The number of thiocarbonyl (C=S) groups is 1. The Morgan fingerprint density at radius 1 is 1.70 bits per heavy atom. The van der Waals surface area contributed by atoms with Crippen LogP contribution < -0.4 is 5.32 Å². The summed E-state index contributed by atoms with van der Waals surface area (Å²) in [6.45, 7) is 1.71. The van der Waals surface area contributed by atoms with Crippen molar-refractivity contribution >= 4 is 28.3 Å². The first kappa shape index (κ1) is 10.2. The SMILES string of the molecule is COCCCNC(=S)SC. The van der Waals surface area contributed by atoms with Crippen molar-refractivity contribution in [2.24, 2.45) is 0 Å². The van der Waals surface area contributed by atoms with Crippen LogP contribution in [0.1, 0.15) is 6.42 Å². The maximum absolute atomic E-state index is 4.92. The van der Waals surface area contributed by atoms with E-state index in [0.29, 0.717) is 0 Å². The van der Waals surface area contributed by atoms with E-state index in [2.05, 4.69) is 5.32 Å². The summed E-state index contributed by atoms with van der Waals surface area (Å²) < 4.78 is 5.72. The molecule has 0 unspecified atom stereocenters. The highest BCUT2D eigenvalue weighted by molar-refractivity contribution is 8.22. The molecule has 10 heavy (non-hydrogen) atoms. The molecule has 0 aromatic carbocycles. The maximum Gasteiger partial charge on any atom is 0.133 e. The van der Waals surface area contributed by atoms with Crippen LogP contribution in [0.2, 0.25) is 0 Å². The summed E-state index contributed by atoms with van der Waals surface area (Å²) >= 11 is 6.48. The molecule has 0 aromatic rings. The molecule has 0 aliphatic heterocycles. The van der Waals surface area contributed by atoms with Gasteiger partial charge in [0.25, 0.3) is 0 Å². The normalized spacial score (nSPS) is 9.40. The van der Waals surface area contributed by atoms with Gasteiger partial charge in [-0.2, -0.15) is 0 Å². The van der Waals surface area contributed by atoms with Gasteiger partial charge < -0.3 is 10.1 Å². The third-order valence-electron chi connectivity index (χ3n) is 0.980. The van der Waals surface area contributed by atoms with Crippen molar-refractivity contribution in [3.63, 3.8) is 0 Å². The van der Waals surface area contributed by atoms with E-state index in [1.165, 1.54) is 0 Å². The van der Waals surface area contributed by atoms with E-state index in [0.717, 1.165) is 23.9 Å². The smallest absolute Gasteiger partial charge is 0.133 e. The summed E-state index contributed by atoms with van der Waals surface area (Å²) in [4.78, 5) is 0. The average Bonchev–Trinajstić information content (AvgIpc) is 1.98. The molecule has 0 aromatic heterocycles. The van der Waals surface area contributed by atoms with Gasteiger partial charge in [-0.3, -0.25) is 0 Å². The standard InChI is InChI=1S/C6H13NOS2/c1-8-5-3-4-7-6(9)10-2/h3-5H2,1-2H3,(H,7,9). The number of hydrogen-bond acceptors (Lipinski definition) is 3. The molecular weight excluding hydrogens is 166 g/mol. The lowest BCUT2D eigenvalue weighted by atomic mass is 10.5. The Morgan fingerprint density at radius 3 is 2.90 bits per heavy atom. The Labute approximate surface area is 71.7 Å². The summed E-state index contributed by atoms with van der Waals surface area (Å²) in [6, 6.07) is 0. The van der Waals surface area contributed by atoms with Crippen molar-refractivity contribution in [3.8, 4) is 0 Å². The average molecular weight is 179 g/mol. The first-order chi connectivity index (χ1) is 4.81. The Hall–Kier alpha value is 0.200. The lowest BCUT2D eigenvalue weighted by molar-refractivity contribution is 0.196. The molecule has 0 bridgehead atoms. The minimum Gasteiger partial charge on any atom is -0.385 e. The largest absolute Gasteiger partial charge is 0.385 e. The van der Waals surface area contributed by atoms with Crippen molar-refractivity contribution in [3.05, 3.63) is 0 Å². The Bertz CT molecular complexity index is 97.7. The van der Waals surface area contributed by atoms with Gasteiger partial charge in [0.15, 0.2) is 0 Å². The van der Waals surface area contributed by atoms with Gasteiger partial charge in [-0.05, 0) is 12.7 Å². The molecule has 1 N–H and O–H groups in total. The van der Waals surface area contributed by atoms with Gasteiger partial charge in [0.1, 0.15) is 4.32 Å². The van der Waals surface area contributed by atoms with E-state index >= 15 is 0 Å². The lowest BCUT2D eigenvalue weighted by Gasteiger charge is -2.03. The van der Waals surface area contributed by atoms with E-state index < -0.39 is 0 Å². The second kappa shape index (κ2) is 7.31. The van der Waals surface area contributed by atoms with Crippen LogP contribution in [0.4, 0.5) is 0 Å². The number of hydrogen-bond donors (Lipinski definition) is 1. The van der Waals surface area contributed by atoms with Crippen molar-refractivity contribution in [2.75, 3.05) is 26.5 Å². The highest BCUT2D eigenvalue weighted by Gasteiger charge is 1.89. The highest BCUT2D eigenvalue weighted by Crippen LogP contribution is 1.92. The molecule has 0 fully saturated rings. The summed E-state index contributed by atoms with van der Waals surface area (Å²) in [5, 5.41) is 3.08. The van der Waals surface area contributed by atoms with Gasteiger partial charge in [0, 0.05) is 20.3 Å². The number of thioether (sulfide) groups is 1. The van der Waals surface area contributed by atoms with Gasteiger partial charge in [0.2, 0.25) is 0 Å². The number of nitrogens with one attached hydrogen (secondary N) is 1. The highest BCUT2D eigenvalue weighted by atomic mass is 32.2. The van der Waals surface area contributed by atoms with Crippen LogP contribution in [0.5, 0.6) is 0 Å². The van der Waals surface area contributed by atoms with Crippen LogP contribution in [0.25, 0.3) is 0 Å².